The van der Waals surface area contributed by atoms with Gasteiger partial charge < -0.3 is 25.8 Å². The number of benzene rings is 1. The van der Waals surface area contributed by atoms with E-state index < -0.39 is 0 Å². The van der Waals surface area contributed by atoms with Crippen LogP contribution in [0.4, 0.5) is 16.2 Å². The molecule has 0 saturated carbocycles. The van der Waals surface area contributed by atoms with Crippen molar-refractivity contribution in [3.8, 4) is 0 Å². The molecule has 2 heterocycles. The summed E-state index contributed by atoms with van der Waals surface area (Å²) in [5, 5.41) is 9.09. The Kier molecular flexibility index (Phi) is 6.61. The molecule has 2 saturated heterocycles. The van der Waals surface area contributed by atoms with Crippen LogP contribution < -0.4 is 20.9 Å². The van der Waals surface area contributed by atoms with Crippen LogP contribution in [0.2, 0.25) is 5.02 Å². The number of halogens is 1. The number of likely N-dealkylation sites (tertiary alicyclic amines) is 1. The van der Waals surface area contributed by atoms with Crippen molar-refractivity contribution in [3.63, 3.8) is 0 Å². The number of hydrogen-bond acceptors (Lipinski definition) is 4. The zero-order valence-corrected chi connectivity index (χ0v) is 16.7. The van der Waals surface area contributed by atoms with E-state index in [1.165, 1.54) is 0 Å². The van der Waals surface area contributed by atoms with Crippen LogP contribution in [0, 0.1) is 0 Å². The Labute approximate surface area is 169 Å². The third-order valence-electron chi connectivity index (χ3n) is 4.97. The van der Waals surface area contributed by atoms with E-state index in [4.69, 9.17) is 11.6 Å². The van der Waals surface area contributed by atoms with Gasteiger partial charge in [-0.1, -0.05) is 18.5 Å². The van der Waals surface area contributed by atoms with Gasteiger partial charge in [0, 0.05) is 44.3 Å². The second kappa shape index (κ2) is 9.14. The molecule has 2 aliphatic rings. The quantitative estimate of drug-likeness (QED) is 0.709. The first kappa shape index (κ1) is 20.3. The molecule has 1 aromatic rings. The number of nitrogens with zero attached hydrogens (tertiary/aromatic N) is 2. The van der Waals surface area contributed by atoms with E-state index >= 15 is 0 Å². The lowest BCUT2D eigenvalue weighted by Gasteiger charge is -2.33. The van der Waals surface area contributed by atoms with Crippen molar-refractivity contribution in [2.45, 2.75) is 32.2 Å². The van der Waals surface area contributed by atoms with Crippen LogP contribution in [0.1, 0.15) is 26.2 Å². The highest BCUT2D eigenvalue weighted by Crippen LogP contribution is 2.29. The first-order valence-electron chi connectivity index (χ1n) is 9.62. The van der Waals surface area contributed by atoms with Gasteiger partial charge in [-0.3, -0.25) is 9.59 Å². The Morgan fingerprint density at radius 1 is 1.32 bits per heavy atom. The molecular weight excluding hydrogens is 382 g/mol. The van der Waals surface area contributed by atoms with Crippen molar-refractivity contribution in [1.82, 2.24) is 15.5 Å². The number of hydrogen-bond donors (Lipinski definition) is 3. The lowest BCUT2D eigenvalue weighted by atomic mass is 10.1. The fourth-order valence-corrected chi connectivity index (χ4v) is 3.80. The molecule has 3 N–H and O–H groups in total. The minimum absolute atomic E-state index is 0.000947. The molecule has 28 heavy (non-hydrogen) atoms. The molecule has 0 spiro atoms. The van der Waals surface area contributed by atoms with Crippen molar-refractivity contribution in [2.24, 2.45) is 0 Å². The first-order valence-corrected chi connectivity index (χ1v) is 10.0. The molecule has 0 aliphatic carbocycles. The van der Waals surface area contributed by atoms with E-state index in [0.717, 1.165) is 18.5 Å². The summed E-state index contributed by atoms with van der Waals surface area (Å²) in [6.07, 6.45) is 2.16. The first-order chi connectivity index (χ1) is 13.5. The van der Waals surface area contributed by atoms with E-state index in [2.05, 4.69) is 16.0 Å². The van der Waals surface area contributed by atoms with Crippen LogP contribution in [-0.2, 0) is 9.59 Å². The molecule has 2 aliphatic heterocycles. The van der Waals surface area contributed by atoms with Gasteiger partial charge >= 0.3 is 6.03 Å². The number of piperazine rings is 1. The van der Waals surface area contributed by atoms with Crippen LogP contribution >= 0.6 is 11.6 Å². The van der Waals surface area contributed by atoms with Gasteiger partial charge in [0.25, 0.3) is 0 Å². The SMILES string of the molecule is CCC(=O)NC1CCCN(C(=O)Nc2ccc(N3CCNC(=O)C3)c(Cl)c2)C1. The topological polar surface area (TPSA) is 93.8 Å². The van der Waals surface area contributed by atoms with Gasteiger partial charge in [0.15, 0.2) is 0 Å². The van der Waals surface area contributed by atoms with Gasteiger partial charge in [-0.25, -0.2) is 4.79 Å². The molecule has 4 amide bonds. The maximum absolute atomic E-state index is 12.6. The lowest BCUT2D eigenvalue weighted by Crippen LogP contribution is -2.50. The van der Waals surface area contributed by atoms with E-state index in [9.17, 15) is 14.4 Å². The number of rotatable bonds is 4. The zero-order valence-electron chi connectivity index (χ0n) is 16.0. The van der Waals surface area contributed by atoms with Crippen molar-refractivity contribution < 1.29 is 14.4 Å². The Hall–Kier alpha value is -2.48. The molecule has 8 nitrogen and oxygen atoms in total. The number of urea groups is 1. The maximum Gasteiger partial charge on any atom is 0.321 e. The molecule has 1 unspecified atom stereocenters. The van der Waals surface area contributed by atoms with Gasteiger partial charge in [0.1, 0.15) is 0 Å². The van der Waals surface area contributed by atoms with Gasteiger partial charge in [0.2, 0.25) is 11.8 Å². The second-order valence-corrected chi connectivity index (χ2v) is 7.48. The third-order valence-corrected chi connectivity index (χ3v) is 5.28. The van der Waals surface area contributed by atoms with Crippen molar-refractivity contribution in [3.05, 3.63) is 23.2 Å². The van der Waals surface area contributed by atoms with Gasteiger partial charge in [-0.05, 0) is 31.0 Å². The Bertz CT molecular complexity index is 757. The molecule has 9 heteroatoms. The Morgan fingerprint density at radius 2 is 2.14 bits per heavy atom. The summed E-state index contributed by atoms with van der Waals surface area (Å²) in [5.74, 6) is -0.0319. The minimum Gasteiger partial charge on any atom is -0.359 e. The van der Waals surface area contributed by atoms with Crippen molar-refractivity contribution in [1.29, 1.82) is 0 Å². The number of piperidine rings is 1. The van der Waals surface area contributed by atoms with Crippen LogP contribution in [0.25, 0.3) is 0 Å². The van der Waals surface area contributed by atoms with E-state index in [-0.39, 0.29) is 30.4 Å². The summed E-state index contributed by atoms with van der Waals surface area (Å²) in [4.78, 5) is 39.4. The molecule has 0 aromatic heterocycles. The molecule has 1 aromatic carbocycles. The summed E-state index contributed by atoms with van der Waals surface area (Å²) in [6.45, 7) is 4.50. The highest BCUT2D eigenvalue weighted by atomic mass is 35.5. The monoisotopic (exact) mass is 407 g/mol. The highest BCUT2D eigenvalue weighted by Gasteiger charge is 2.25. The summed E-state index contributed by atoms with van der Waals surface area (Å²) < 4.78 is 0. The molecule has 3 rings (SSSR count). The maximum atomic E-state index is 12.6. The summed E-state index contributed by atoms with van der Waals surface area (Å²) in [7, 11) is 0. The summed E-state index contributed by atoms with van der Waals surface area (Å²) in [6, 6.07) is 5.07. The average Bonchev–Trinajstić information content (AvgIpc) is 2.68. The van der Waals surface area contributed by atoms with Crippen LogP contribution in [0.15, 0.2) is 18.2 Å². The molecule has 2 fully saturated rings. The van der Waals surface area contributed by atoms with Gasteiger partial charge in [-0.2, -0.15) is 0 Å². The predicted molar refractivity (Wildman–Crippen MR) is 109 cm³/mol. The van der Waals surface area contributed by atoms with Crippen LogP contribution in [-0.4, -0.2) is 61.5 Å². The third kappa shape index (κ3) is 5.07. The number of carbonyl (C=O) groups is 3. The van der Waals surface area contributed by atoms with Crippen molar-refractivity contribution >= 4 is 40.8 Å². The molecule has 0 bridgehead atoms. The highest BCUT2D eigenvalue weighted by molar-refractivity contribution is 6.33. The summed E-state index contributed by atoms with van der Waals surface area (Å²) >= 11 is 6.39. The van der Waals surface area contributed by atoms with E-state index in [1.54, 1.807) is 17.0 Å². The predicted octanol–water partition coefficient (Wildman–Crippen LogP) is 1.80. The molecule has 0 radical (unpaired) electrons. The molecule has 152 valence electrons. The Morgan fingerprint density at radius 3 is 2.86 bits per heavy atom. The van der Waals surface area contributed by atoms with Gasteiger partial charge in [-0.15, -0.1) is 0 Å². The molecular formula is C19H26ClN5O3. The lowest BCUT2D eigenvalue weighted by molar-refractivity contribution is -0.122. The standard InChI is InChI=1S/C19H26ClN5O3/c1-2-17(26)22-14-4-3-8-25(11-14)19(28)23-13-5-6-16(15(20)10-13)24-9-7-21-18(27)12-24/h5-6,10,14H,2-4,7-9,11-12H2,1H3,(H,21,27)(H,22,26)(H,23,28). The second-order valence-electron chi connectivity index (χ2n) is 7.07. The van der Waals surface area contributed by atoms with Crippen molar-refractivity contribution in [2.75, 3.05) is 42.9 Å². The number of amides is 4. The Balaban J connectivity index is 1.60. The largest absolute Gasteiger partial charge is 0.359 e. The smallest absolute Gasteiger partial charge is 0.321 e. The van der Waals surface area contributed by atoms with E-state index in [1.807, 2.05) is 17.9 Å². The zero-order chi connectivity index (χ0) is 20.1. The fourth-order valence-electron chi connectivity index (χ4n) is 3.50. The summed E-state index contributed by atoms with van der Waals surface area (Å²) in [5.41, 5.74) is 1.37. The number of carbonyl (C=O) groups excluding carboxylic acids is 3. The van der Waals surface area contributed by atoms with E-state index in [0.29, 0.717) is 43.3 Å². The van der Waals surface area contributed by atoms with Gasteiger partial charge in [0.05, 0.1) is 17.3 Å². The van der Waals surface area contributed by atoms with Crippen LogP contribution in [0.3, 0.4) is 0 Å². The normalized spacial score (nSPS) is 19.8. The number of nitrogens with one attached hydrogen (secondary N) is 3. The molecule has 1 atom stereocenters. The number of anilines is 2. The average molecular weight is 408 g/mol. The minimum atomic E-state index is -0.211. The fraction of sp³-hybridized carbons (Fsp3) is 0.526. The van der Waals surface area contributed by atoms with Crippen LogP contribution in [0.5, 0.6) is 0 Å².